The van der Waals surface area contributed by atoms with Crippen molar-refractivity contribution >= 4 is 29.5 Å². The minimum Gasteiger partial charge on any atom is -0.489 e. The van der Waals surface area contributed by atoms with Crippen LogP contribution in [0.5, 0.6) is 0 Å². The zero-order chi connectivity index (χ0) is 17.2. The molecule has 1 aliphatic rings. The summed E-state index contributed by atoms with van der Waals surface area (Å²) in [6.07, 6.45) is 0. The van der Waals surface area contributed by atoms with Crippen LogP contribution >= 0.6 is 11.6 Å². The topological polar surface area (TPSA) is 88.1 Å². The van der Waals surface area contributed by atoms with Gasteiger partial charge in [-0.25, -0.2) is 14.4 Å². The standard InChI is InChI=1S/C15H13ClO7/c1-20-11-10(12(17)21-2)15(14(19)22-3,23-13(11)18)8-4-6-9(16)7-5-8/h4-7H,1-3H3. The molecule has 0 N–H and O–H groups in total. The number of esters is 3. The largest absolute Gasteiger partial charge is 0.489 e. The van der Waals surface area contributed by atoms with Gasteiger partial charge in [-0.3, -0.25) is 0 Å². The summed E-state index contributed by atoms with van der Waals surface area (Å²) in [5, 5.41) is 0.397. The van der Waals surface area contributed by atoms with E-state index in [1.807, 2.05) is 0 Å². The number of methoxy groups -OCH3 is 3. The molecule has 0 radical (unpaired) electrons. The average Bonchev–Trinajstić information content (AvgIpc) is 2.87. The van der Waals surface area contributed by atoms with Crippen LogP contribution in [0.1, 0.15) is 5.56 Å². The van der Waals surface area contributed by atoms with Gasteiger partial charge in [-0.15, -0.1) is 0 Å². The Morgan fingerprint density at radius 2 is 1.70 bits per heavy atom. The maximum absolute atomic E-state index is 12.4. The highest BCUT2D eigenvalue weighted by atomic mass is 35.5. The van der Waals surface area contributed by atoms with Crippen LogP contribution in [0, 0.1) is 0 Å². The van der Waals surface area contributed by atoms with Gasteiger partial charge in [0, 0.05) is 10.6 Å². The molecule has 0 aromatic heterocycles. The van der Waals surface area contributed by atoms with Gasteiger partial charge in [0.2, 0.25) is 5.76 Å². The molecule has 0 spiro atoms. The monoisotopic (exact) mass is 340 g/mol. The molecule has 1 aromatic rings. The van der Waals surface area contributed by atoms with E-state index in [0.717, 1.165) is 14.2 Å². The summed E-state index contributed by atoms with van der Waals surface area (Å²) in [5.41, 5.74) is -2.33. The van der Waals surface area contributed by atoms with Gasteiger partial charge in [0.25, 0.3) is 5.60 Å². The van der Waals surface area contributed by atoms with Crippen molar-refractivity contribution in [2.45, 2.75) is 5.60 Å². The number of rotatable bonds is 4. The van der Waals surface area contributed by atoms with E-state index in [-0.39, 0.29) is 11.1 Å². The summed E-state index contributed by atoms with van der Waals surface area (Å²) < 4.78 is 19.5. The van der Waals surface area contributed by atoms with Crippen LogP contribution in [0.2, 0.25) is 5.02 Å². The lowest BCUT2D eigenvalue weighted by atomic mass is 9.86. The number of hydrogen-bond acceptors (Lipinski definition) is 7. The molecule has 1 heterocycles. The highest BCUT2D eigenvalue weighted by Crippen LogP contribution is 2.43. The molecule has 0 aliphatic carbocycles. The van der Waals surface area contributed by atoms with E-state index >= 15 is 0 Å². The van der Waals surface area contributed by atoms with Crippen molar-refractivity contribution in [3.8, 4) is 0 Å². The van der Waals surface area contributed by atoms with Gasteiger partial charge in [-0.05, 0) is 12.1 Å². The van der Waals surface area contributed by atoms with E-state index in [2.05, 4.69) is 4.74 Å². The van der Waals surface area contributed by atoms with Crippen LogP contribution in [0.25, 0.3) is 0 Å². The molecule has 7 nitrogen and oxygen atoms in total. The van der Waals surface area contributed by atoms with E-state index in [0.29, 0.717) is 5.02 Å². The van der Waals surface area contributed by atoms with Crippen molar-refractivity contribution < 1.29 is 33.3 Å². The first-order chi connectivity index (χ1) is 10.9. The fourth-order valence-corrected chi connectivity index (χ4v) is 2.44. The molecular weight excluding hydrogens is 328 g/mol. The third-order valence-electron chi connectivity index (χ3n) is 3.33. The zero-order valence-electron chi connectivity index (χ0n) is 12.5. The Labute approximate surface area is 136 Å². The third-order valence-corrected chi connectivity index (χ3v) is 3.58. The van der Waals surface area contributed by atoms with E-state index in [1.165, 1.54) is 31.4 Å². The van der Waals surface area contributed by atoms with E-state index in [1.54, 1.807) is 0 Å². The molecule has 23 heavy (non-hydrogen) atoms. The van der Waals surface area contributed by atoms with E-state index < -0.39 is 29.3 Å². The van der Waals surface area contributed by atoms with E-state index in [4.69, 9.17) is 25.8 Å². The Morgan fingerprint density at radius 3 is 2.17 bits per heavy atom. The summed E-state index contributed by atoms with van der Waals surface area (Å²) in [7, 11) is 3.39. The van der Waals surface area contributed by atoms with Crippen molar-refractivity contribution in [3.05, 3.63) is 46.2 Å². The van der Waals surface area contributed by atoms with Gasteiger partial charge < -0.3 is 18.9 Å². The van der Waals surface area contributed by atoms with Gasteiger partial charge in [-0.2, -0.15) is 0 Å². The number of cyclic esters (lactones) is 1. The number of hydrogen-bond donors (Lipinski definition) is 0. The molecule has 0 fully saturated rings. The average molecular weight is 341 g/mol. The van der Waals surface area contributed by atoms with Gasteiger partial charge in [0.05, 0.1) is 21.3 Å². The Bertz CT molecular complexity index is 692. The third kappa shape index (κ3) is 2.53. The fraction of sp³-hybridized carbons (Fsp3) is 0.267. The number of carbonyl (C=O) groups is 3. The molecule has 0 saturated carbocycles. The van der Waals surface area contributed by atoms with Gasteiger partial charge in [0.1, 0.15) is 5.57 Å². The Hall–Kier alpha value is -2.54. The van der Waals surface area contributed by atoms with Gasteiger partial charge in [0.15, 0.2) is 0 Å². The number of benzene rings is 1. The Balaban J connectivity index is 2.78. The van der Waals surface area contributed by atoms with Crippen molar-refractivity contribution in [3.63, 3.8) is 0 Å². The molecular formula is C15H13ClO7. The Kier molecular flexibility index (Phi) is 4.60. The second kappa shape index (κ2) is 6.29. The molecule has 122 valence electrons. The lowest BCUT2D eigenvalue weighted by molar-refractivity contribution is -0.173. The summed E-state index contributed by atoms with van der Waals surface area (Å²) in [5.74, 6) is -3.32. The molecule has 1 aromatic carbocycles. The molecule has 2 rings (SSSR count). The predicted molar refractivity (Wildman–Crippen MR) is 77.3 cm³/mol. The molecule has 8 heteroatoms. The van der Waals surface area contributed by atoms with Crippen LogP contribution in [0.4, 0.5) is 0 Å². The first kappa shape index (κ1) is 16.8. The lowest BCUT2D eigenvalue weighted by Gasteiger charge is -2.26. The predicted octanol–water partition coefficient (Wildman–Crippen LogP) is 1.34. The van der Waals surface area contributed by atoms with Crippen molar-refractivity contribution in [2.75, 3.05) is 21.3 Å². The molecule has 1 unspecified atom stereocenters. The molecule has 1 atom stereocenters. The summed E-state index contributed by atoms with van der Waals surface area (Å²) >= 11 is 5.84. The number of ether oxygens (including phenoxy) is 4. The normalized spacial score (nSPS) is 20.1. The molecule has 0 bridgehead atoms. The van der Waals surface area contributed by atoms with E-state index in [9.17, 15) is 14.4 Å². The second-order valence-corrected chi connectivity index (χ2v) is 4.91. The summed E-state index contributed by atoms with van der Waals surface area (Å²) in [6, 6.07) is 5.84. The number of carbonyl (C=O) groups excluding carboxylic acids is 3. The molecule has 0 amide bonds. The van der Waals surface area contributed by atoms with Crippen LogP contribution in [0.3, 0.4) is 0 Å². The van der Waals surface area contributed by atoms with Crippen molar-refractivity contribution in [2.24, 2.45) is 0 Å². The summed E-state index contributed by atoms with van der Waals surface area (Å²) in [4.78, 5) is 36.7. The first-order valence-electron chi connectivity index (χ1n) is 6.37. The minimum atomic E-state index is -2.12. The van der Waals surface area contributed by atoms with Crippen LogP contribution in [-0.2, 0) is 38.9 Å². The van der Waals surface area contributed by atoms with Crippen LogP contribution in [0.15, 0.2) is 35.6 Å². The van der Waals surface area contributed by atoms with Crippen LogP contribution in [-0.4, -0.2) is 39.2 Å². The second-order valence-electron chi connectivity index (χ2n) is 4.47. The van der Waals surface area contributed by atoms with Crippen LogP contribution < -0.4 is 0 Å². The van der Waals surface area contributed by atoms with Crippen molar-refractivity contribution in [1.82, 2.24) is 0 Å². The highest BCUT2D eigenvalue weighted by molar-refractivity contribution is 6.30. The Morgan fingerprint density at radius 1 is 1.09 bits per heavy atom. The first-order valence-corrected chi connectivity index (χ1v) is 6.75. The minimum absolute atomic E-state index is 0.176. The fourth-order valence-electron chi connectivity index (χ4n) is 2.32. The van der Waals surface area contributed by atoms with Crippen molar-refractivity contribution in [1.29, 1.82) is 0 Å². The summed E-state index contributed by atoms with van der Waals surface area (Å²) in [6.45, 7) is 0. The number of halogens is 1. The highest BCUT2D eigenvalue weighted by Gasteiger charge is 2.60. The quantitative estimate of drug-likeness (QED) is 0.603. The smallest absolute Gasteiger partial charge is 0.376 e. The van der Waals surface area contributed by atoms with Gasteiger partial charge in [-0.1, -0.05) is 23.7 Å². The maximum atomic E-state index is 12.4. The molecule has 0 saturated heterocycles. The SMILES string of the molecule is COC(=O)C1=C(OC)C(=O)OC1(C(=O)OC)c1ccc(Cl)cc1. The molecule has 1 aliphatic heterocycles. The maximum Gasteiger partial charge on any atom is 0.376 e. The lowest BCUT2D eigenvalue weighted by Crippen LogP contribution is -2.42. The zero-order valence-corrected chi connectivity index (χ0v) is 13.3. The van der Waals surface area contributed by atoms with Gasteiger partial charge >= 0.3 is 17.9 Å².